The molecule has 0 radical (unpaired) electrons. The van der Waals surface area contributed by atoms with E-state index in [-0.39, 0.29) is 19.0 Å². The number of aryl methyl sites for hydroxylation is 2. The van der Waals surface area contributed by atoms with Crippen molar-refractivity contribution in [1.29, 1.82) is 0 Å². The zero-order chi connectivity index (χ0) is 23.1. The summed E-state index contributed by atoms with van der Waals surface area (Å²) in [4.78, 5) is 27.1. The Hall–Kier alpha value is -3.66. The summed E-state index contributed by atoms with van der Waals surface area (Å²) in [5.41, 5.74) is 3.51. The molecule has 0 bridgehead atoms. The quantitative estimate of drug-likeness (QED) is 0.596. The number of morpholine rings is 1. The van der Waals surface area contributed by atoms with Gasteiger partial charge in [-0.1, -0.05) is 0 Å². The first kappa shape index (κ1) is 23.0. The summed E-state index contributed by atoms with van der Waals surface area (Å²) in [6, 6.07) is 7.61. The molecule has 1 amide bonds. The fourth-order valence-corrected chi connectivity index (χ4v) is 3.40. The maximum atomic E-state index is 12.3. The smallest absolute Gasteiger partial charge is 0.290 e. The van der Waals surface area contributed by atoms with Gasteiger partial charge in [0.1, 0.15) is 0 Å². The van der Waals surface area contributed by atoms with Gasteiger partial charge in [-0.3, -0.25) is 14.3 Å². The highest BCUT2D eigenvalue weighted by Gasteiger charge is 2.18. The molecule has 1 aliphatic heterocycles. The van der Waals surface area contributed by atoms with Gasteiger partial charge in [-0.2, -0.15) is 5.10 Å². The first-order valence-corrected chi connectivity index (χ1v) is 10.0. The molecule has 3 aromatic rings. The van der Waals surface area contributed by atoms with E-state index in [0.29, 0.717) is 43.4 Å². The van der Waals surface area contributed by atoms with E-state index in [1.165, 1.54) is 0 Å². The number of methoxy groups -OCH3 is 1. The summed E-state index contributed by atoms with van der Waals surface area (Å²) in [5, 5.41) is 12.3. The van der Waals surface area contributed by atoms with Gasteiger partial charge in [-0.15, -0.1) is 0 Å². The van der Waals surface area contributed by atoms with Gasteiger partial charge in [0.2, 0.25) is 0 Å². The van der Waals surface area contributed by atoms with E-state index in [1.807, 2.05) is 38.4 Å². The van der Waals surface area contributed by atoms with Gasteiger partial charge < -0.3 is 24.2 Å². The number of nitrogens with zero attached hydrogens (tertiary/aromatic N) is 4. The van der Waals surface area contributed by atoms with Crippen LogP contribution in [0.3, 0.4) is 0 Å². The Morgan fingerprint density at radius 2 is 1.97 bits per heavy atom. The molecular formula is C22H26N4O6. The predicted molar refractivity (Wildman–Crippen MR) is 117 cm³/mol. The topological polar surface area (TPSA) is 116 Å². The van der Waals surface area contributed by atoms with Gasteiger partial charge in [-0.25, -0.2) is 4.98 Å². The van der Waals surface area contributed by atoms with Crippen LogP contribution < -0.4 is 9.47 Å². The Balaban J connectivity index is 0.000000913. The van der Waals surface area contributed by atoms with Crippen molar-refractivity contribution in [2.75, 3.05) is 40.0 Å². The molecule has 1 fully saturated rings. The van der Waals surface area contributed by atoms with Crippen LogP contribution in [0.15, 0.2) is 30.5 Å². The van der Waals surface area contributed by atoms with Crippen LogP contribution in [-0.4, -0.2) is 77.2 Å². The van der Waals surface area contributed by atoms with Crippen molar-refractivity contribution < 1.29 is 28.9 Å². The molecule has 170 valence electrons. The number of rotatable bonds is 5. The summed E-state index contributed by atoms with van der Waals surface area (Å²) in [5.74, 6) is 1.02. The monoisotopic (exact) mass is 442 g/mol. The van der Waals surface area contributed by atoms with Crippen LogP contribution >= 0.6 is 0 Å². The second-order valence-corrected chi connectivity index (χ2v) is 7.12. The van der Waals surface area contributed by atoms with Crippen molar-refractivity contribution >= 4 is 23.4 Å². The lowest BCUT2D eigenvalue weighted by Gasteiger charge is -2.26. The van der Waals surface area contributed by atoms with Crippen LogP contribution in [0.5, 0.6) is 11.5 Å². The normalized spacial score (nSPS) is 13.3. The second-order valence-electron chi connectivity index (χ2n) is 7.12. The lowest BCUT2D eigenvalue weighted by atomic mass is 10.1. The van der Waals surface area contributed by atoms with Crippen LogP contribution in [0.4, 0.5) is 0 Å². The average molecular weight is 442 g/mol. The van der Waals surface area contributed by atoms with Crippen molar-refractivity contribution in [3.63, 3.8) is 0 Å². The molecule has 1 aliphatic rings. The highest BCUT2D eigenvalue weighted by molar-refractivity contribution is 5.82. The molecule has 1 saturated heterocycles. The number of carboxylic acid groups (broad SMARTS) is 1. The number of carbonyl (C=O) groups is 2. The number of hydrogen-bond acceptors (Lipinski definition) is 7. The second kappa shape index (κ2) is 10.6. The molecular weight excluding hydrogens is 416 g/mol. The third-order valence-corrected chi connectivity index (χ3v) is 4.99. The number of aromatic nitrogens is 3. The molecule has 0 atom stereocenters. The molecule has 0 spiro atoms. The van der Waals surface area contributed by atoms with E-state index in [2.05, 4.69) is 10.1 Å². The van der Waals surface area contributed by atoms with Gasteiger partial charge in [-0.05, 0) is 36.8 Å². The van der Waals surface area contributed by atoms with Gasteiger partial charge in [0.25, 0.3) is 12.4 Å². The minimum Gasteiger partial charge on any atom is -0.493 e. The summed E-state index contributed by atoms with van der Waals surface area (Å²) in [6.45, 7) is 4.08. The fourth-order valence-electron chi connectivity index (χ4n) is 3.40. The SMILES string of the molecule is COc1cc(-c2cc(C)c3cn(C)nc3n2)ccc1OCC(=O)N1CCOCC1.O=CO. The van der Waals surface area contributed by atoms with Crippen LogP contribution in [0, 0.1) is 6.92 Å². The van der Waals surface area contributed by atoms with E-state index in [4.69, 9.17) is 24.1 Å². The zero-order valence-corrected chi connectivity index (χ0v) is 18.3. The van der Waals surface area contributed by atoms with Crippen LogP contribution in [0.2, 0.25) is 0 Å². The Labute approximate surface area is 185 Å². The minimum absolute atomic E-state index is 0.0348. The Morgan fingerprint density at radius 3 is 2.66 bits per heavy atom. The standard InChI is InChI=1S/C21H24N4O4.CH2O2/c1-14-10-17(22-21-16(14)12-24(2)23-21)15-4-5-18(19(11-15)27-3)29-13-20(26)25-6-8-28-9-7-25;2-1-3/h4-5,10-12H,6-9,13H2,1-3H3;1H,(H,2,3). The summed E-state index contributed by atoms with van der Waals surface area (Å²) in [6.07, 6.45) is 1.96. The fraction of sp³-hybridized carbons (Fsp3) is 0.364. The molecule has 1 aromatic carbocycles. The van der Waals surface area contributed by atoms with Gasteiger partial charge in [0.15, 0.2) is 23.8 Å². The van der Waals surface area contributed by atoms with E-state index in [0.717, 1.165) is 22.2 Å². The lowest BCUT2D eigenvalue weighted by Crippen LogP contribution is -2.43. The van der Waals surface area contributed by atoms with E-state index >= 15 is 0 Å². The number of benzene rings is 1. The number of carbonyl (C=O) groups excluding carboxylic acids is 1. The molecule has 32 heavy (non-hydrogen) atoms. The molecule has 0 aliphatic carbocycles. The largest absolute Gasteiger partial charge is 0.493 e. The van der Waals surface area contributed by atoms with E-state index < -0.39 is 0 Å². The van der Waals surface area contributed by atoms with Crippen molar-refractivity contribution in [2.45, 2.75) is 6.92 Å². The summed E-state index contributed by atoms with van der Waals surface area (Å²) >= 11 is 0. The maximum absolute atomic E-state index is 12.3. The first-order chi connectivity index (χ1) is 15.5. The first-order valence-electron chi connectivity index (χ1n) is 10.0. The average Bonchev–Trinajstić information content (AvgIpc) is 3.19. The number of hydrogen-bond donors (Lipinski definition) is 1. The summed E-state index contributed by atoms with van der Waals surface area (Å²) < 4.78 is 18.3. The van der Waals surface area contributed by atoms with Crippen molar-refractivity contribution in [3.05, 3.63) is 36.0 Å². The predicted octanol–water partition coefficient (Wildman–Crippen LogP) is 1.89. The van der Waals surface area contributed by atoms with Crippen LogP contribution in [0.1, 0.15) is 5.56 Å². The van der Waals surface area contributed by atoms with Crippen LogP contribution in [-0.2, 0) is 21.4 Å². The molecule has 10 heteroatoms. The van der Waals surface area contributed by atoms with Crippen molar-refractivity contribution in [1.82, 2.24) is 19.7 Å². The Morgan fingerprint density at radius 1 is 1.25 bits per heavy atom. The third-order valence-electron chi connectivity index (χ3n) is 4.99. The zero-order valence-electron chi connectivity index (χ0n) is 18.3. The lowest BCUT2D eigenvalue weighted by molar-refractivity contribution is -0.137. The molecule has 10 nitrogen and oxygen atoms in total. The van der Waals surface area contributed by atoms with Gasteiger partial charge in [0.05, 0.1) is 26.0 Å². The van der Waals surface area contributed by atoms with Gasteiger partial charge in [0, 0.05) is 37.3 Å². The van der Waals surface area contributed by atoms with Gasteiger partial charge >= 0.3 is 0 Å². The molecule has 1 N–H and O–H groups in total. The number of amides is 1. The third kappa shape index (κ3) is 5.33. The van der Waals surface area contributed by atoms with Crippen molar-refractivity contribution in [3.8, 4) is 22.8 Å². The Kier molecular flexibility index (Phi) is 7.61. The number of fused-ring (bicyclic) bond motifs is 1. The highest BCUT2D eigenvalue weighted by atomic mass is 16.5. The molecule has 3 heterocycles. The van der Waals surface area contributed by atoms with E-state index in [1.54, 1.807) is 22.8 Å². The summed E-state index contributed by atoms with van der Waals surface area (Å²) in [7, 11) is 3.46. The molecule has 2 aromatic heterocycles. The molecule has 4 rings (SSSR count). The van der Waals surface area contributed by atoms with Crippen molar-refractivity contribution in [2.24, 2.45) is 7.05 Å². The molecule has 0 saturated carbocycles. The van der Waals surface area contributed by atoms with Crippen LogP contribution in [0.25, 0.3) is 22.3 Å². The number of pyridine rings is 1. The Bertz CT molecular complexity index is 1090. The molecule has 0 unspecified atom stereocenters. The highest BCUT2D eigenvalue weighted by Crippen LogP contribution is 2.33. The maximum Gasteiger partial charge on any atom is 0.290 e. The van der Waals surface area contributed by atoms with E-state index in [9.17, 15) is 4.79 Å². The minimum atomic E-state index is -0.250. The number of ether oxygens (including phenoxy) is 3.